The van der Waals surface area contributed by atoms with E-state index in [1.807, 2.05) is 19.1 Å². The molecule has 1 unspecified atom stereocenters. The highest BCUT2D eigenvalue weighted by Gasteiger charge is 2.13. The highest BCUT2D eigenvalue weighted by atomic mass is 127. The summed E-state index contributed by atoms with van der Waals surface area (Å²) in [6.45, 7) is 1.93. The van der Waals surface area contributed by atoms with Gasteiger partial charge in [0.2, 0.25) is 0 Å². The number of nitrogens with one attached hydrogen (secondary N) is 1. The molecule has 2 rings (SSSR count). The molecule has 2 aromatic rings. The molecule has 0 radical (unpaired) electrons. The second-order valence-electron chi connectivity index (χ2n) is 4.00. The highest BCUT2D eigenvalue weighted by molar-refractivity contribution is 14.1. The fourth-order valence-corrected chi connectivity index (χ4v) is 2.10. The molecule has 0 fully saturated rings. The third kappa shape index (κ3) is 3.31. The largest absolute Gasteiger partial charge is 0.465 e. The van der Waals surface area contributed by atoms with Gasteiger partial charge in [-0.25, -0.2) is 5.43 Å². The predicted molar refractivity (Wildman–Crippen MR) is 76.4 cm³/mol. The Kier molecular flexibility index (Phi) is 4.20. The number of benzene rings is 1. The fraction of sp³-hybridized carbons (Fsp3) is 0.231. The van der Waals surface area contributed by atoms with Gasteiger partial charge < -0.3 is 4.42 Å². The molecule has 0 aliphatic heterocycles. The minimum Gasteiger partial charge on any atom is -0.465 e. The van der Waals surface area contributed by atoms with Crippen molar-refractivity contribution in [3.63, 3.8) is 0 Å². The van der Waals surface area contributed by atoms with Crippen molar-refractivity contribution in [3.05, 3.63) is 57.1 Å². The van der Waals surface area contributed by atoms with Crippen LogP contribution in [0.15, 0.2) is 40.8 Å². The van der Waals surface area contributed by atoms with E-state index in [0.717, 1.165) is 17.9 Å². The molecule has 1 aromatic carbocycles. The van der Waals surface area contributed by atoms with Crippen LogP contribution in [0.1, 0.15) is 23.1 Å². The summed E-state index contributed by atoms with van der Waals surface area (Å²) in [5.74, 6) is 7.36. The van der Waals surface area contributed by atoms with Crippen molar-refractivity contribution in [2.45, 2.75) is 19.4 Å². The third-order valence-corrected chi connectivity index (χ3v) is 3.38. The molecule has 0 saturated heterocycles. The van der Waals surface area contributed by atoms with Crippen molar-refractivity contribution in [2.75, 3.05) is 0 Å². The monoisotopic (exact) mass is 342 g/mol. The minimum atomic E-state index is 0.0174. The number of rotatable bonds is 4. The second-order valence-corrected chi connectivity index (χ2v) is 5.24. The Balaban J connectivity index is 2.12. The Morgan fingerprint density at radius 3 is 2.47 bits per heavy atom. The lowest BCUT2D eigenvalue weighted by Gasteiger charge is -2.13. The maximum Gasteiger partial charge on any atom is 0.122 e. The van der Waals surface area contributed by atoms with Crippen LogP contribution < -0.4 is 11.3 Å². The van der Waals surface area contributed by atoms with E-state index in [1.165, 1.54) is 9.13 Å². The average molecular weight is 342 g/mol. The number of hydrazine groups is 1. The first-order chi connectivity index (χ1) is 8.19. The van der Waals surface area contributed by atoms with Gasteiger partial charge in [-0.05, 0) is 65.8 Å². The lowest BCUT2D eigenvalue weighted by molar-refractivity contribution is 0.403. The van der Waals surface area contributed by atoms with E-state index >= 15 is 0 Å². The summed E-state index contributed by atoms with van der Waals surface area (Å²) in [5, 5.41) is 0. The zero-order valence-electron chi connectivity index (χ0n) is 9.61. The van der Waals surface area contributed by atoms with Crippen molar-refractivity contribution >= 4 is 22.6 Å². The van der Waals surface area contributed by atoms with Crippen LogP contribution in [0, 0.1) is 10.5 Å². The summed E-state index contributed by atoms with van der Waals surface area (Å²) in [7, 11) is 0. The summed E-state index contributed by atoms with van der Waals surface area (Å²) < 4.78 is 6.82. The van der Waals surface area contributed by atoms with Crippen LogP contribution in [0.25, 0.3) is 0 Å². The third-order valence-electron chi connectivity index (χ3n) is 2.66. The summed E-state index contributed by atoms with van der Waals surface area (Å²) in [6.07, 6.45) is 0.820. The number of furan rings is 1. The number of hydrogen-bond donors (Lipinski definition) is 2. The zero-order chi connectivity index (χ0) is 12.3. The van der Waals surface area contributed by atoms with Gasteiger partial charge in [-0.3, -0.25) is 5.84 Å². The molecule has 1 aromatic heterocycles. The van der Waals surface area contributed by atoms with Crippen molar-refractivity contribution < 1.29 is 4.42 Å². The van der Waals surface area contributed by atoms with E-state index in [0.29, 0.717) is 0 Å². The molecule has 1 atom stereocenters. The van der Waals surface area contributed by atoms with Gasteiger partial charge in [0.15, 0.2) is 0 Å². The van der Waals surface area contributed by atoms with Gasteiger partial charge in [-0.1, -0.05) is 12.1 Å². The molecule has 0 aliphatic rings. The molecule has 0 aliphatic carbocycles. The highest BCUT2D eigenvalue weighted by Crippen LogP contribution is 2.20. The lowest BCUT2D eigenvalue weighted by atomic mass is 10.0. The van der Waals surface area contributed by atoms with E-state index < -0.39 is 0 Å². The van der Waals surface area contributed by atoms with E-state index in [9.17, 15) is 0 Å². The first-order valence-corrected chi connectivity index (χ1v) is 6.54. The minimum absolute atomic E-state index is 0.0174. The molecule has 0 bridgehead atoms. The van der Waals surface area contributed by atoms with Gasteiger partial charge in [-0.15, -0.1) is 0 Å². The molecule has 4 heteroatoms. The number of aryl methyl sites for hydroxylation is 1. The molecular formula is C13H15IN2O. The molecular weight excluding hydrogens is 327 g/mol. The SMILES string of the molecule is Cc1ccc(C(Cc2ccc(I)cc2)NN)o1. The van der Waals surface area contributed by atoms with E-state index in [4.69, 9.17) is 10.3 Å². The molecule has 0 amide bonds. The smallest absolute Gasteiger partial charge is 0.122 e. The van der Waals surface area contributed by atoms with Gasteiger partial charge in [-0.2, -0.15) is 0 Å². The molecule has 3 N–H and O–H groups in total. The number of hydrogen-bond acceptors (Lipinski definition) is 3. The molecule has 0 saturated carbocycles. The Hall–Kier alpha value is -0.850. The van der Waals surface area contributed by atoms with Gasteiger partial charge >= 0.3 is 0 Å². The zero-order valence-corrected chi connectivity index (χ0v) is 11.8. The van der Waals surface area contributed by atoms with Crippen LogP contribution >= 0.6 is 22.6 Å². The Morgan fingerprint density at radius 2 is 1.94 bits per heavy atom. The maximum absolute atomic E-state index is 5.59. The standard InChI is InChI=1S/C13H15IN2O/c1-9-2-7-13(17-9)12(16-15)8-10-3-5-11(14)6-4-10/h2-7,12,16H,8,15H2,1H3. The summed E-state index contributed by atoms with van der Waals surface area (Å²) in [6, 6.07) is 12.3. The Morgan fingerprint density at radius 1 is 1.24 bits per heavy atom. The first kappa shape index (κ1) is 12.6. The predicted octanol–water partition coefficient (Wildman–Crippen LogP) is 2.94. The van der Waals surface area contributed by atoms with Crippen LogP contribution in [0.2, 0.25) is 0 Å². The normalized spacial score (nSPS) is 12.6. The van der Waals surface area contributed by atoms with Gasteiger partial charge in [0, 0.05) is 3.57 Å². The first-order valence-electron chi connectivity index (χ1n) is 5.46. The van der Waals surface area contributed by atoms with Crippen LogP contribution in [0.4, 0.5) is 0 Å². The van der Waals surface area contributed by atoms with E-state index in [2.05, 4.69) is 52.3 Å². The summed E-state index contributed by atoms with van der Waals surface area (Å²) in [5.41, 5.74) is 4.04. The molecule has 3 nitrogen and oxygen atoms in total. The fourth-order valence-electron chi connectivity index (χ4n) is 1.74. The second kappa shape index (κ2) is 5.66. The summed E-state index contributed by atoms with van der Waals surface area (Å²) >= 11 is 2.30. The average Bonchev–Trinajstić information content (AvgIpc) is 2.75. The van der Waals surface area contributed by atoms with Crippen molar-refractivity contribution in [1.29, 1.82) is 0 Å². The van der Waals surface area contributed by atoms with Gasteiger partial charge in [0.1, 0.15) is 11.5 Å². The molecule has 1 heterocycles. The van der Waals surface area contributed by atoms with Crippen LogP contribution in [0.3, 0.4) is 0 Å². The van der Waals surface area contributed by atoms with Crippen LogP contribution in [-0.4, -0.2) is 0 Å². The summed E-state index contributed by atoms with van der Waals surface area (Å²) in [4.78, 5) is 0. The Labute approximate surface area is 114 Å². The number of nitrogens with two attached hydrogens (primary N) is 1. The van der Waals surface area contributed by atoms with Crippen molar-refractivity contribution in [2.24, 2.45) is 5.84 Å². The topological polar surface area (TPSA) is 51.2 Å². The maximum atomic E-state index is 5.59. The van der Waals surface area contributed by atoms with Gasteiger partial charge in [0.05, 0.1) is 6.04 Å². The van der Waals surface area contributed by atoms with E-state index in [1.54, 1.807) is 0 Å². The van der Waals surface area contributed by atoms with Crippen molar-refractivity contribution in [1.82, 2.24) is 5.43 Å². The number of halogens is 1. The molecule has 0 spiro atoms. The van der Waals surface area contributed by atoms with Crippen LogP contribution in [0.5, 0.6) is 0 Å². The van der Waals surface area contributed by atoms with Gasteiger partial charge in [0.25, 0.3) is 0 Å². The van der Waals surface area contributed by atoms with Crippen LogP contribution in [-0.2, 0) is 6.42 Å². The molecule has 90 valence electrons. The Bertz CT molecular complexity index is 478. The molecule has 17 heavy (non-hydrogen) atoms. The van der Waals surface area contributed by atoms with E-state index in [-0.39, 0.29) is 6.04 Å². The lowest BCUT2D eigenvalue weighted by Crippen LogP contribution is -2.29. The van der Waals surface area contributed by atoms with Crippen molar-refractivity contribution in [3.8, 4) is 0 Å². The quantitative estimate of drug-likeness (QED) is 0.510.